The van der Waals surface area contributed by atoms with E-state index in [1.165, 1.54) is 18.2 Å². The standard InChI is InChI=1S/C17H17N3O4/c21-17(13-2-1-3-16(12-13)20(22)23)18-14-4-6-15(7-5-14)19-8-10-24-11-9-19/h1-7,12H,8-11H2,(H,18,21). The zero-order valence-electron chi connectivity index (χ0n) is 13.0. The molecular formula is C17H17N3O4. The summed E-state index contributed by atoms with van der Waals surface area (Å²) in [5.74, 6) is -0.377. The molecule has 0 aromatic heterocycles. The summed E-state index contributed by atoms with van der Waals surface area (Å²) in [7, 11) is 0. The molecule has 7 heteroatoms. The number of amides is 1. The van der Waals surface area contributed by atoms with E-state index in [-0.39, 0.29) is 17.2 Å². The summed E-state index contributed by atoms with van der Waals surface area (Å²) in [5.41, 5.74) is 1.86. The summed E-state index contributed by atoms with van der Waals surface area (Å²) in [6, 6.07) is 13.2. The van der Waals surface area contributed by atoms with Crippen LogP contribution in [0.25, 0.3) is 0 Å². The maximum absolute atomic E-state index is 12.2. The van der Waals surface area contributed by atoms with E-state index in [0.29, 0.717) is 18.9 Å². The Labute approximate surface area is 139 Å². The van der Waals surface area contributed by atoms with Crippen molar-refractivity contribution >= 4 is 23.0 Å². The van der Waals surface area contributed by atoms with Crippen LogP contribution in [0.1, 0.15) is 10.4 Å². The number of hydrogen-bond donors (Lipinski definition) is 1. The number of rotatable bonds is 4. The SMILES string of the molecule is O=C(Nc1ccc(N2CCOCC2)cc1)c1cccc([N+](=O)[O-])c1. The van der Waals surface area contributed by atoms with E-state index in [2.05, 4.69) is 10.2 Å². The molecule has 0 spiro atoms. The topological polar surface area (TPSA) is 84.7 Å². The van der Waals surface area contributed by atoms with Gasteiger partial charge in [-0.3, -0.25) is 14.9 Å². The van der Waals surface area contributed by atoms with Crippen LogP contribution >= 0.6 is 0 Å². The number of non-ortho nitro benzene ring substituents is 1. The fourth-order valence-corrected chi connectivity index (χ4v) is 2.54. The molecule has 7 nitrogen and oxygen atoms in total. The second-order valence-electron chi connectivity index (χ2n) is 5.41. The minimum absolute atomic E-state index is 0.106. The first-order valence-corrected chi connectivity index (χ1v) is 7.62. The lowest BCUT2D eigenvalue weighted by molar-refractivity contribution is -0.384. The van der Waals surface area contributed by atoms with Crippen LogP contribution in [-0.2, 0) is 4.74 Å². The molecule has 1 heterocycles. The summed E-state index contributed by atoms with van der Waals surface area (Å²) in [4.78, 5) is 24.7. The number of hydrogen-bond acceptors (Lipinski definition) is 5. The smallest absolute Gasteiger partial charge is 0.270 e. The van der Waals surface area contributed by atoms with Gasteiger partial charge in [-0.25, -0.2) is 0 Å². The molecule has 1 aliphatic rings. The van der Waals surface area contributed by atoms with Crippen molar-refractivity contribution in [2.24, 2.45) is 0 Å². The third-order valence-corrected chi connectivity index (χ3v) is 3.82. The molecule has 1 saturated heterocycles. The molecule has 0 saturated carbocycles. The van der Waals surface area contributed by atoms with Gasteiger partial charge in [0, 0.05) is 42.2 Å². The number of benzene rings is 2. The summed E-state index contributed by atoms with van der Waals surface area (Å²) in [5, 5.41) is 13.5. The lowest BCUT2D eigenvalue weighted by Crippen LogP contribution is -2.36. The third-order valence-electron chi connectivity index (χ3n) is 3.82. The summed E-state index contributed by atoms with van der Waals surface area (Å²) in [6.45, 7) is 3.12. The van der Waals surface area contributed by atoms with Crippen LogP contribution in [0.4, 0.5) is 17.1 Å². The van der Waals surface area contributed by atoms with Crippen LogP contribution in [0, 0.1) is 10.1 Å². The van der Waals surface area contributed by atoms with Gasteiger partial charge in [0.25, 0.3) is 11.6 Å². The summed E-state index contributed by atoms with van der Waals surface area (Å²) >= 11 is 0. The zero-order chi connectivity index (χ0) is 16.9. The van der Waals surface area contributed by atoms with Gasteiger partial charge < -0.3 is 15.0 Å². The molecule has 0 bridgehead atoms. The molecule has 1 fully saturated rings. The number of nitrogens with one attached hydrogen (secondary N) is 1. The van der Waals surface area contributed by atoms with Gasteiger partial charge in [0.2, 0.25) is 0 Å². The normalized spacial score (nSPS) is 14.2. The number of nitro groups is 1. The Balaban J connectivity index is 1.68. The van der Waals surface area contributed by atoms with E-state index >= 15 is 0 Å². The average molecular weight is 327 g/mol. The van der Waals surface area contributed by atoms with E-state index < -0.39 is 4.92 Å². The van der Waals surface area contributed by atoms with E-state index in [9.17, 15) is 14.9 Å². The molecule has 124 valence electrons. The molecule has 24 heavy (non-hydrogen) atoms. The fraction of sp³-hybridized carbons (Fsp3) is 0.235. The first-order chi connectivity index (χ1) is 11.6. The lowest BCUT2D eigenvalue weighted by atomic mass is 10.2. The van der Waals surface area contributed by atoms with Crippen LogP contribution in [0.2, 0.25) is 0 Å². The highest BCUT2D eigenvalue weighted by molar-refractivity contribution is 6.04. The van der Waals surface area contributed by atoms with Gasteiger partial charge in [-0.2, -0.15) is 0 Å². The Kier molecular flexibility index (Phi) is 4.72. The predicted octanol–water partition coefficient (Wildman–Crippen LogP) is 2.68. The minimum atomic E-state index is -0.520. The molecule has 3 rings (SSSR count). The molecule has 0 radical (unpaired) electrons. The Hall–Kier alpha value is -2.93. The number of nitrogens with zero attached hydrogens (tertiary/aromatic N) is 2. The van der Waals surface area contributed by atoms with Crippen LogP contribution in [0.3, 0.4) is 0 Å². The molecule has 1 N–H and O–H groups in total. The quantitative estimate of drug-likeness (QED) is 0.689. The second kappa shape index (κ2) is 7.10. The van der Waals surface area contributed by atoms with Crippen molar-refractivity contribution in [3.8, 4) is 0 Å². The molecule has 0 atom stereocenters. The predicted molar refractivity (Wildman–Crippen MR) is 90.5 cm³/mol. The van der Waals surface area contributed by atoms with Gasteiger partial charge in [0.15, 0.2) is 0 Å². The van der Waals surface area contributed by atoms with E-state index in [1.54, 1.807) is 6.07 Å². The molecule has 0 unspecified atom stereocenters. The Morgan fingerprint density at radius 1 is 1.12 bits per heavy atom. The summed E-state index contributed by atoms with van der Waals surface area (Å²) in [6.07, 6.45) is 0. The van der Waals surface area contributed by atoms with E-state index in [4.69, 9.17) is 4.74 Å². The van der Waals surface area contributed by atoms with Crippen molar-refractivity contribution in [1.29, 1.82) is 0 Å². The highest BCUT2D eigenvalue weighted by atomic mass is 16.6. The molecule has 1 amide bonds. The van der Waals surface area contributed by atoms with Crippen molar-refractivity contribution in [2.75, 3.05) is 36.5 Å². The molecule has 2 aromatic carbocycles. The van der Waals surface area contributed by atoms with Gasteiger partial charge in [0.1, 0.15) is 0 Å². The molecule has 2 aromatic rings. The van der Waals surface area contributed by atoms with Crippen LogP contribution in [-0.4, -0.2) is 37.1 Å². The maximum atomic E-state index is 12.2. The molecular weight excluding hydrogens is 310 g/mol. The number of nitro benzene ring substituents is 1. The van der Waals surface area contributed by atoms with E-state index in [0.717, 1.165) is 18.8 Å². The second-order valence-corrected chi connectivity index (χ2v) is 5.41. The van der Waals surface area contributed by atoms with Crippen molar-refractivity contribution in [1.82, 2.24) is 0 Å². The maximum Gasteiger partial charge on any atom is 0.270 e. The highest BCUT2D eigenvalue weighted by Crippen LogP contribution is 2.20. The first kappa shape index (κ1) is 15.9. The Morgan fingerprint density at radius 3 is 2.50 bits per heavy atom. The van der Waals surface area contributed by atoms with Gasteiger partial charge in [-0.15, -0.1) is 0 Å². The van der Waals surface area contributed by atoms with Crippen LogP contribution in [0.15, 0.2) is 48.5 Å². The van der Waals surface area contributed by atoms with Crippen molar-refractivity contribution in [3.05, 3.63) is 64.2 Å². The van der Waals surface area contributed by atoms with Crippen LogP contribution in [0.5, 0.6) is 0 Å². The van der Waals surface area contributed by atoms with E-state index in [1.807, 2.05) is 24.3 Å². The number of morpholine rings is 1. The van der Waals surface area contributed by atoms with Gasteiger partial charge in [0.05, 0.1) is 18.1 Å². The number of anilines is 2. The summed E-state index contributed by atoms with van der Waals surface area (Å²) < 4.78 is 5.33. The highest BCUT2D eigenvalue weighted by Gasteiger charge is 2.13. The molecule has 1 aliphatic heterocycles. The third kappa shape index (κ3) is 3.69. The van der Waals surface area contributed by atoms with Gasteiger partial charge >= 0.3 is 0 Å². The lowest BCUT2D eigenvalue weighted by Gasteiger charge is -2.28. The van der Waals surface area contributed by atoms with Gasteiger partial charge in [-0.05, 0) is 30.3 Å². The number of ether oxygens (including phenoxy) is 1. The fourth-order valence-electron chi connectivity index (χ4n) is 2.54. The van der Waals surface area contributed by atoms with Crippen molar-refractivity contribution < 1.29 is 14.5 Å². The number of carbonyl (C=O) groups excluding carboxylic acids is 1. The number of carbonyl (C=O) groups is 1. The molecule has 0 aliphatic carbocycles. The monoisotopic (exact) mass is 327 g/mol. The average Bonchev–Trinajstić information content (AvgIpc) is 2.63. The Morgan fingerprint density at radius 2 is 1.83 bits per heavy atom. The Bertz CT molecular complexity index is 740. The van der Waals surface area contributed by atoms with Gasteiger partial charge in [-0.1, -0.05) is 6.07 Å². The van der Waals surface area contributed by atoms with Crippen molar-refractivity contribution in [2.45, 2.75) is 0 Å². The van der Waals surface area contributed by atoms with Crippen LogP contribution < -0.4 is 10.2 Å². The zero-order valence-corrected chi connectivity index (χ0v) is 13.0. The minimum Gasteiger partial charge on any atom is -0.378 e. The largest absolute Gasteiger partial charge is 0.378 e. The van der Waals surface area contributed by atoms with Crippen molar-refractivity contribution in [3.63, 3.8) is 0 Å². The first-order valence-electron chi connectivity index (χ1n) is 7.62.